The number of benzodiazepines with no additional fused rings is 1. The van der Waals surface area contributed by atoms with Crippen molar-refractivity contribution in [1.29, 1.82) is 0 Å². The molecule has 2 aromatic carbocycles. The maximum atomic E-state index is 12.1. The van der Waals surface area contributed by atoms with Crippen molar-refractivity contribution in [2.75, 3.05) is 38.1 Å². The highest BCUT2D eigenvalue weighted by molar-refractivity contribution is 6.14. The SMILES string of the molecule is CN1CCN=C(C=Cc2ccc(C(=O)NCCCCN)cc2)c2ccccc21.Cl. The van der Waals surface area contributed by atoms with Gasteiger partial charge in [0.05, 0.1) is 12.3 Å². The summed E-state index contributed by atoms with van der Waals surface area (Å²) < 4.78 is 0. The van der Waals surface area contributed by atoms with E-state index in [9.17, 15) is 4.79 Å². The zero-order valence-electron chi connectivity index (χ0n) is 16.8. The van der Waals surface area contributed by atoms with Crippen molar-refractivity contribution >= 4 is 35.8 Å². The largest absolute Gasteiger partial charge is 0.372 e. The molecule has 1 amide bonds. The third-order valence-electron chi connectivity index (χ3n) is 4.83. The Labute approximate surface area is 179 Å². The van der Waals surface area contributed by atoms with Crippen LogP contribution in [0.5, 0.6) is 0 Å². The summed E-state index contributed by atoms with van der Waals surface area (Å²) in [5, 5.41) is 2.92. The minimum Gasteiger partial charge on any atom is -0.372 e. The third kappa shape index (κ3) is 6.17. The van der Waals surface area contributed by atoms with Gasteiger partial charge in [0.15, 0.2) is 0 Å². The lowest BCUT2D eigenvalue weighted by Gasteiger charge is -2.18. The molecule has 0 atom stereocenters. The maximum absolute atomic E-state index is 12.1. The molecule has 5 nitrogen and oxygen atoms in total. The molecule has 1 aliphatic heterocycles. The van der Waals surface area contributed by atoms with E-state index in [0.717, 1.165) is 42.8 Å². The molecule has 3 N–H and O–H groups in total. The number of benzene rings is 2. The lowest BCUT2D eigenvalue weighted by molar-refractivity contribution is 0.0953. The number of halogens is 1. The molecule has 0 aromatic heterocycles. The maximum Gasteiger partial charge on any atom is 0.251 e. The minimum absolute atomic E-state index is 0. The zero-order chi connectivity index (χ0) is 19.8. The third-order valence-corrected chi connectivity index (χ3v) is 4.83. The molecule has 0 aliphatic carbocycles. The number of unbranched alkanes of at least 4 members (excludes halogenated alkanes) is 1. The van der Waals surface area contributed by atoms with Gasteiger partial charge >= 0.3 is 0 Å². The average Bonchev–Trinajstić information content (AvgIpc) is 2.89. The number of allylic oxidation sites excluding steroid dienone is 1. The molecule has 1 aliphatic rings. The fraction of sp³-hybridized carbons (Fsp3) is 0.304. The van der Waals surface area contributed by atoms with Crippen LogP contribution in [-0.2, 0) is 0 Å². The van der Waals surface area contributed by atoms with E-state index in [4.69, 9.17) is 10.7 Å². The topological polar surface area (TPSA) is 70.7 Å². The summed E-state index contributed by atoms with van der Waals surface area (Å²) >= 11 is 0. The van der Waals surface area contributed by atoms with Crippen molar-refractivity contribution in [3.8, 4) is 0 Å². The Hall–Kier alpha value is -2.63. The van der Waals surface area contributed by atoms with E-state index in [0.29, 0.717) is 18.7 Å². The highest BCUT2D eigenvalue weighted by Gasteiger charge is 2.13. The second-order valence-electron chi connectivity index (χ2n) is 6.91. The first-order valence-corrected chi connectivity index (χ1v) is 9.80. The van der Waals surface area contributed by atoms with Crippen LogP contribution in [0.15, 0.2) is 59.6 Å². The number of carbonyl (C=O) groups is 1. The van der Waals surface area contributed by atoms with E-state index in [-0.39, 0.29) is 18.3 Å². The highest BCUT2D eigenvalue weighted by atomic mass is 35.5. The predicted molar refractivity (Wildman–Crippen MR) is 124 cm³/mol. The van der Waals surface area contributed by atoms with Crippen LogP contribution < -0.4 is 16.0 Å². The molecule has 6 heteroatoms. The molecular formula is C23H29ClN4O. The number of nitrogens with one attached hydrogen (secondary N) is 1. The number of para-hydroxylation sites is 1. The van der Waals surface area contributed by atoms with Crippen LogP contribution in [0.3, 0.4) is 0 Å². The predicted octanol–water partition coefficient (Wildman–Crippen LogP) is 3.53. The summed E-state index contributed by atoms with van der Waals surface area (Å²) in [7, 11) is 2.10. The van der Waals surface area contributed by atoms with Crippen molar-refractivity contribution in [2.45, 2.75) is 12.8 Å². The number of nitrogens with zero attached hydrogens (tertiary/aromatic N) is 2. The lowest BCUT2D eigenvalue weighted by atomic mass is 10.0. The van der Waals surface area contributed by atoms with Crippen molar-refractivity contribution in [3.05, 3.63) is 71.3 Å². The van der Waals surface area contributed by atoms with Crippen LogP contribution in [0.1, 0.15) is 34.3 Å². The number of fused-ring (bicyclic) bond motifs is 1. The van der Waals surface area contributed by atoms with Crippen LogP contribution >= 0.6 is 12.4 Å². The fourth-order valence-corrected chi connectivity index (χ4v) is 3.19. The Bertz CT molecular complexity index is 861. The molecule has 154 valence electrons. The zero-order valence-corrected chi connectivity index (χ0v) is 17.6. The number of likely N-dealkylation sites (N-methyl/N-ethyl adjacent to an activating group) is 1. The van der Waals surface area contributed by atoms with Crippen LogP contribution in [0.2, 0.25) is 0 Å². The van der Waals surface area contributed by atoms with E-state index in [1.165, 1.54) is 5.69 Å². The van der Waals surface area contributed by atoms with Crippen molar-refractivity contribution in [3.63, 3.8) is 0 Å². The van der Waals surface area contributed by atoms with Gasteiger partial charge in [-0.05, 0) is 49.2 Å². The van der Waals surface area contributed by atoms with Crippen LogP contribution in [-0.4, -0.2) is 44.8 Å². The molecular weight excluding hydrogens is 384 g/mol. The molecule has 1 heterocycles. The highest BCUT2D eigenvalue weighted by Crippen LogP contribution is 2.23. The molecule has 2 aromatic rings. The molecule has 0 unspecified atom stereocenters. The first kappa shape index (κ1) is 22.7. The van der Waals surface area contributed by atoms with Crippen molar-refractivity contribution < 1.29 is 4.79 Å². The lowest BCUT2D eigenvalue weighted by Crippen LogP contribution is -2.24. The number of rotatable bonds is 7. The quantitative estimate of drug-likeness (QED) is 0.683. The van der Waals surface area contributed by atoms with Gasteiger partial charge < -0.3 is 16.0 Å². The van der Waals surface area contributed by atoms with Gasteiger partial charge in [0.1, 0.15) is 0 Å². The smallest absolute Gasteiger partial charge is 0.251 e. The number of anilines is 1. The van der Waals surface area contributed by atoms with Gasteiger partial charge in [-0.3, -0.25) is 9.79 Å². The van der Waals surface area contributed by atoms with Crippen molar-refractivity contribution in [2.24, 2.45) is 10.7 Å². The second kappa shape index (κ2) is 11.4. The average molecular weight is 413 g/mol. The number of hydrogen-bond acceptors (Lipinski definition) is 4. The Kier molecular flexibility index (Phi) is 8.90. The molecule has 29 heavy (non-hydrogen) atoms. The Balaban J connectivity index is 0.00000300. The molecule has 0 bridgehead atoms. The minimum atomic E-state index is -0.0438. The first-order chi connectivity index (χ1) is 13.7. The Morgan fingerprint density at radius 1 is 1.14 bits per heavy atom. The summed E-state index contributed by atoms with van der Waals surface area (Å²) in [5.74, 6) is -0.0438. The molecule has 0 spiro atoms. The van der Waals surface area contributed by atoms with Gasteiger partial charge in [-0.25, -0.2) is 0 Å². The molecule has 0 saturated carbocycles. The van der Waals surface area contributed by atoms with Gasteiger partial charge in [-0.15, -0.1) is 12.4 Å². The van der Waals surface area contributed by atoms with E-state index >= 15 is 0 Å². The van der Waals surface area contributed by atoms with E-state index in [1.807, 2.05) is 36.4 Å². The molecule has 0 radical (unpaired) electrons. The number of nitrogens with two attached hydrogens (primary N) is 1. The molecule has 0 saturated heterocycles. The summed E-state index contributed by atoms with van der Waals surface area (Å²) in [4.78, 5) is 19.1. The van der Waals surface area contributed by atoms with E-state index in [1.54, 1.807) is 0 Å². The van der Waals surface area contributed by atoms with E-state index in [2.05, 4.69) is 41.5 Å². The summed E-state index contributed by atoms with van der Waals surface area (Å²) in [6, 6.07) is 16.0. The summed E-state index contributed by atoms with van der Waals surface area (Å²) in [5.41, 5.74) is 10.5. The second-order valence-corrected chi connectivity index (χ2v) is 6.91. The number of amides is 1. The van der Waals surface area contributed by atoms with Gasteiger partial charge in [-0.2, -0.15) is 0 Å². The normalized spacial score (nSPS) is 13.3. The van der Waals surface area contributed by atoms with Crippen LogP contribution in [0.25, 0.3) is 6.08 Å². The monoisotopic (exact) mass is 412 g/mol. The standard InChI is InChI=1S/C23H28N4O.ClH/c1-27-17-16-25-21(20-6-2-3-7-22(20)27)13-10-18-8-11-19(12-9-18)23(28)26-15-5-4-14-24;/h2-3,6-13H,4-5,14-17,24H2,1H3,(H,26,28);1H. The Morgan fingerprint density at radius 3 is 2.66 bits per heavy atom. The van der Waals surface area contributed by atoms with E-state index < -0.39 is 0 Å². The van der Waals surface area contributed by atoms with Gasteiger partial charge in [-0.1, -0.05) is 36.4 Å². The first-order valence-electron chi connectivity index (χ1n) is 9.80. The Morgan fingerprint density at radius 2 is 1.90 bits per heavy atom. The fourth-order valence-electron chi connectivity index (χ4n) is 3.19. The summed E-state index contributed by atoms with van der Waals surface area (Å²) in [6.07, 6.45) is 5.93. The molecule has 3 rings (SSSR count). The molecule has 0 fully saturated rings. The number of carbonyl (C=O) groups excluding carboxylic acids is 1. The van der Waals surface area contributed by atoms with Crippen LogP contribution in [0, 0.1) is 0 Å². The number of aliphatic imine (C=N–C) groups is 1. The van der Waals surface area contributed by atoms with Gasteiger partial charge in [0.2, 0.25) is 0 Å². The number of hydrogen-bond donors (Lipinski definition) is 2. The summed E-state index contributed by atoms with van der Waals surface area (Å²) in [6.45, 7) is 2.99. The van der Waals surface area contributed by atoms with Gasteiger partial charge in [0, 0.05) is 37.0 Å². The van der Waals surface area contributed by atoms with Crippen molar-refractivity contribution in [1.82, 2.24) is 5.32 Å². The van der Waals surface area contributed by atoms with Crippen LogP contribution in [0.4, 0.5) is 5.69 Å². The van der Waals surface area contributed by atoms with Gasteiger partial charge in [0.25, 0.3) is 5.91 Å².